The van der Waals surface area contributed by atoms with Gasteiger partial charge in [0.25, 0.3) is 0 Å². The van der Waals surface area contributed by atoms with Crippen LogP contribution in [0.3, 0.4) is 0 Å². The topological polar surface area (TPSA) is 66.4 Å². The molecule has 0 atom stereocenters. The van der Waals surface area contributed by atoms with Crippen LogP contribution in [0.15, 0.2) is 18.2 Å². The molecule has 98 valence electrons. The average molecular weight is 249 g/mol. The molecule has 0 aliphatic rings. The van der Waals surface area contributed by atoms with E-state index in [9.17, 15) is 9.59 Å². The number of carbonyl (C=O) groups is 2. The molecule has 0 aromatic heterocycles. The number of benzene rings is 1. The van der Waals surface area contributed by atoms with Crippen molar-refractivity contribution < 1.29 is 14.7 Å². The molecule has 0 radical (unpaired) electrons. The number of rotatable bonds is 5. The maximum atomic E-state index is 11.7. The largest absolute Gasteiger partial charge is 0.481 e. The summed E-state index contributed by atoms with van der Waals surface area (Å²) in [5.74, 6) is -0.910. The minimum atomic E-state index is -0.959. The first-order valence-electron chi connectivity index (χ1n) is 6.03. The Kier molecular flexibility index (Phi) is 4.89. The number of hydrogen-bond acceptors (Lipinski definition) is 2. The van der Waals surface area contributed by atoms with Crippen molar-refractivity contribution in [2.45, 2.75) is 39.5 Å². The monoisotopic (exact) mass is 249 g/mol. The van der Waals surface area contributed by atoms with Gasteiger partial charge in [-0.1, -0.05) is 32.0 Å². The van der Waals surface area contributed by atoms with Crippen LogP contribution in [0, 0.1) is 6.92 Å². The Morgan fingerprint density at radius 3 is 2.50 bits per heavy atom. The van der Waals surface area contributed by atoms with E-state index in [1.165, 1.54) is 0 Å². The van der Waals surface area contributed by atoms with Crippen LogP contribution >= 0.6 is 0 Å². The highest BCUT2D eigenvalue weighted by Crippen LogP contribution is 2.27. The normalized spacial score (nSPS) is 10.4. The van der Waals surface area contributed by atoms with Crippen molar-refractivity contribution in [2.75, 3.05) is 5.32 Å². The molecule has 0 spiro atoms. The van der Waals surface area contributed by atoms with Gasteiger partial charge in [0.2, 0.25) is 5.91 Å². The van der Waals surface area contributed by atoms with Crippen LogP contribution in [0.25, 0.3) is 0 Å². The summed E-state index contributed by atoms with van der Waals surface area (Å²) in [4.78, 5) is 22.1. The zero-order chi connectivity index (χ0) is 13.7. The van der Waals surface area contributed by atoms with Crippen LogP contribution in [-0.4, -0.2) is 17.0 Å². The minimum Gasteiger partial charge on any atom is -0.481 e. The average Bonchev–Trinajstić information content (AvgIpc) is 2.28. The molecular formula is C14H19NO3. The van der Waals surface area contributed by atoms with Crippen molar-refractivity contribution in [3.8, 4) is 0 Å². The molecule has 0 aliphatic carbocycles. The van der Waals surface area contributed by atoms with Gasteiger partial charge in [-0.2, -0.15) is 0 Å². The lowest BCUT2D eigenvalue weighted by molar-refractivity contribution is -0.138. The van der Waals surface area contributed by atoms with Crippen molar-refractivity contribution >= 4 is 17.6 Å². The number of aryl methyl sites for hydroxylation is 1. The summed E-state index contributed by atoms with van der Waals surface area (Å²) in [5, 5.41) is 11.4. The van der Waals surface area contributed by atoms with E-state index in [1.54, 1.807) is 0 Å². The second kappa shape index (κ2) is 6.19. The zero-order valence-corrected chi connectivity index (χ0v) is 11.0. The van der Waals surface area contributed by atoms with Crippen LogP contribution in [0.5, 0.6) is 0 Å². The van der Waals surface area contributed by atoms with Crippen LogP contribution in [0.2, 0.25) is 0 Å². The van der Waals surface area contributed by atoms with E-state index in [0.717, 1.165) is 16.8 Å². The summed E-state index contributed by atoms with van der Waals surface area (Å²) < 4.78 is 0. The lowest BCUT2D eigenvalue weighted by Gasteiger charge is -2.16. The second-order valence-corrected chi connectivity index (χ2v) is 4.64. The van der Waals surface area contributed by atoms with Crippen LogP contribution in [0.4, 0.5) is 5.69 Å². The molecule has 18 heavy (non-hydrogen) atoms. The lowest BCUT2D eigenvalue weighted by atomic mass is 9.98. The Morgan fingerprint density at radius 2 is 1.94 bits per heavy atom. The molecule has 4 nitrogen and oxygen atoms in total. The summed E-state index contributed by atoms with van der Waals surface area (Å²) in [5.41, 5.74) is 2.87. The van der Waals surface area contributed by atoms with E-state index in [0.29, 0.717) is 5.92 Å². The number of hydrogen-bond donors (Lipinski definition) is 2. The van der Waals surface area contributed by atoms with Gasteiger partial charge in [-0.05, 0) is 24.0 Å². The number of carboxylic acids is 1. The van der Waals surface area contributed by atoms with E-state index in [-0.39, 0.29) is 18.7 Å². The van der Waals surface area contributed by atoms with Crippen LogP contribution < -0.4 is 5.32 Å². The number of para-hydroxylation sites is 1. The SMILES string of the molecule is Cc1cccc(C(C)C)c1NC(=O)CCC(=O)O. The Balaban J connectivity index is 2.83. The van der Waals surface area contributed by atoms with Gasteiger partial charge in [-0.25, -0.2) is 0 Å². The van der Waals surface area contributed by atoms with E-state index in [1.807, 2.05) is 25.1 Å². The molecule has 0 heterocycles. The van der Waals surface area contributed by atoms with Gasteiger partial charge >= 0.3 is 5.97 Å². The molecule has 0 aliphatic heterocycles. The van der Waals surface area contributed by atoms with Crippen molar-refractivity contribution in [3.63, 3.8) is 0 Å². The van der Waals surface area contributed by atoms with Gasteiger partial charge < -0.3 is 10.4 Å². The fourth-order valence-electron chi connectivity index (χ4n) is 1.76. The molecule has 2 N–H and O–H groups in total. The Bertz CT molecular complexity index is 452. The van der Waals surface area contributed by atoms with E-state index >= 15 is 0 Å². The molecule has 0 saturated carbocycles. The molecule has 1 rings (SSSR count). The molecule has 0 bridgehead atoms. The number of aliphatic carboxylic acids is 1. The maximum absolute atomic E-state index is 11.7. The van der Waals surface area contributed by atoms with Gasteiger partial charge in [0.15, 0.2) is 0 Å². The summed E-state index contributed by atoms with van der Waals surface area (Å²) in [6, 6.07) is 5.86. The Labute approximate surface area is 107 Å². The third-order valence-electron chi connectivity index (χ3n) is 2.76. The Hall–Kier alpha value is -1.84. The number of carbonyl (C=O) groups excluding carboxylic acids is 1. The fraction of sp³-hybridized carbons (Fsp3) is 0.429. The molecule has 1 aromatic carbocycles. The minimum absolute atomic E-state index is 0.00119. The first-order chi connectivity index (χ1) is 8.41. The Morgan fingerprint density at radius 1 is 1.28 bits per heavy atom. The quantitative estimate of drug-likeness (QED) is 0.843. The number of nitrogens with one attached hydrogen (secondary N) is 1. The zero-order valence-electron chi connectivity index (χ0n) is 11.0. The highest BCUT2D eigenvalue weighted by molar-refractivity contribution is 5.94. The van der Waals surface area contributed by atoms with Crippen LogP contribution in [-0.2, 0) is 9.59 Å². The standard InChI is InChI=1S/C14H19NO3/c1-9(2)11-6-4-5-10(3)14(11)15-12(16)7-8-13(17)18/h4-6,9H,7-8H2,1-3H3,(H,15,16)(H,17,18). The van der Waals surface area contributed by atoms with Gasteiger partial charge in [-0.3, -0.25) is 9.59 Å². The highest BCUT2D eigenvalue weighted by atomic mass is 16.4. The van der Waals surface area contributed by atoms with Crippen molar-refractivity contribution in [1.82, 2.24) is 0 Å². The molecular weight excluding hydrogens is 230 g/mol. The van der Waals surface area contributed by atoms with E-state index in [4.69, 9.17) is 5.11 Å². The van der Waals surface area contributed by atoms with Gasteiger partial charge in [0.05, 0.1) is 6.42 Å². The van der Waals surface area contributed by atoms with Gasteiger partial charge in [0, 0.05) is 12.1 Å². The van der Waals surface area contributed by atoms with Crippen LogP contribution in [0.1, 0.15) is 43.7 Å². The van der Waals surface area contributed by atoms with E-state index < -0.39 is 5.97 Å². The van der Waals surface area contributed by atoms with E-state index in [2.05, 4.69) is 19.2 Å². The maximum Gasteiger partial charge on any atom is 0.303 e. The molecule has 0 fully saturated rings. The van der Waals surface area contributed by atoms with Gasteiger partial charge in [0.1, 0.15) is 0 Å². The highest BCUT2D eigenvalue weighted by Gasteiger charge is 2.12. The first kappa shape index (κ1) is 14.2. The summed E-state index contributed by atoms with van der Waals surface area (Å²) >= 11 is 0. The number of amides is 1. The number of anilines is 1. The number of carboxylic acid groups (broad SMARTS) is 1. The van der Waals surface area contributed by atoms with Crippen molar-refractivity contribution in [1.29, 1.82) is 0 Å². The second-order valence-electron chi connectivity index (χ2n) is 4.64. The summed E-state index contributed by atoms with van der Waals surface area (Å²) in [7, 11) is 0. The third kappa shape index (κ3) is 3.87. The lowest BCUT2D eigenvalue weighted by Crippen LogP contribution is -2.15. The van der Waals surface area contributed by atoms with Gasteiger partial charge in [-0.15, -0.1) is 0 Å². The predicted molar refractivity (Wildman–Crippen MR) is 70.8 cm³/mol. The molecule has 4 heteroatoms. The molecule has 1 aromatic rings. The van der Waals surface area contributed by atoms with Crippen molar-refractivity contribution in [3.05, 3.63) is 29.3 Å². The summed E-state index contributed by atoms with van der Waals surface area (Å²) in [6.45, 7) is 6.04. The van der Waals surface area contributed by atoms with Crippen molar-refractivity contribution in [2.24, 2.45) is 0 Å². The third-order valence-corrected chi connectivity index (χ3v) is 2.76. The predicted octanol–water partition coefficient (Wildman–Crippen LogP) is 2.92. The molecule has 1 amide bonds. The smallest absolute Gasteiger partial charge is 0.303 e. The molecule has 0 saturated heterocycles. The summed E-state index contributed by atoms with van der Waals surface area (Å²) in [6.07, 6.45) is -0.143. The fourth-order valence-corrected chi connectivity index (χ4v) is 1.76. The molecule has 0 unspecified atom stereocenters. The first-order valence-corrected chi connectivity index (χ1v) is 6.03.